The van der Waals surface area contributed by atoms with Crippen molar-refractivity contribution in [1.82, 2.24) is 15.1 Å². The van der Waals surface area contributed by atoms with Gasteiger partial charge in [-0.1, -0.05) is 48.2 Å². The van der Waals surface area contributed by atoms with Crippen molar-refractivity contribution in [1.29, 1.82) is 0 Å². The number of aromatic nitrogens is 2. The van der Waals surface area contributed by atoms with Crippen molar-refractivity contribution in [3.8, 4) is 11.5 Å². The fraction of sp³-hybridized carbons (Fsp3) is 0.286. The second-order valence-electron chi connectivity index (χ2n) is 6.65. The molecule has 1 fully saturated rings. The van der Waals surface area contributed by atoms with Gasteiger partial charge in [0.2, 0.25) is 11.8 Å². The molecule has 1 aliphatic heterocycles. The van der Waals surface area contributed by atoms with Gasteiger partial charge in [-0.05, 0) is 31.2 Å². The number of piperazine rings is 1. The van der Waals surface area contributed by atoms with E-state index in [2.05, 4.69) is 27.2 Å². The zero-order valence-electron chi connectivity index (χ0n) is 15.7. The molecule has 1 saturated heterocycles. The molecular formula is C21H22N4O2S. The maximum Gasteiger partial charge on any atom is 0.277 e. The predicted molar refractivity (Wildman–Crippen MR) is 110 cm³/mol. The zero-order valence-corrected chi connectivity index (χ0v) is 16.5. The van der Waals surface area contributed by atoms with Crippen LogP contribution in [0.25, 0.3) is 11.5 Å². The number of carbonyl (C=O) groups excluding carboxylic acids is 1. The topological polar surface area (TPSA) is 62.5 Å². The second kappa shape index (κ2) is 8.48. The highest BCUT2D eigenvalue weighted by atomic mass is 32.2. The van der Waals surface area contributed by atoms with E-state index in [1.54, 1.807) is 0 Å². The molecule has 1 amide bonds. The van der Waals surface area contributed by atoms with Gasteiger partial charge in [0.1, 0.15) is 0 Å². The van der Waals surface area contributed by atoms with Gasteiger partial charge in [-0.25, -0.2) is 0 Å². The van der Waals surface area contributed by atoms with E-state index in [9.17, 15) is 4.79 Å². The summed E-state index contributed by atoms with van der Waals surface area (Å²) >= 11 is 1.31. The number of para-hydroxylation sites is 1. The highest BCUT2D eigenvalue weighted by molar-refractivity contribution is 8.00. The molecule has 4 rings (SSSR count). The van der Waals surface area contributed by atoms with Gasteiger partial charge in [-0.3, -0.25) is 4.79 Å². The minimum absolute atomic E-state index is 0.108. The summed E-state index contributed by atoms with van der Waals surface area (Å²) in [5.74, 6) is 0.580. The van der Waals surface area contributed by atoms with Crippen LogP contribution in [0.15, 0.2) is 70.3 Å². The van der Waals surface area contributed by atoms with E-state index >= 15 is 0 Å². The van der Waals surface area contributed by atoms with Gasteiger partial charge in [0, 0.05) is 37.4 Å². The molecule has 0 saturated carbocycles. The summed E-state index contributed by atoms with van der Waals surface area (Å²) in [7, 11) is 0. The molecular weight excluding hydrogens is 372 g/mol. The van der Waals surface area contributed by atoms with E-state index < -0.39 is 0 Å². The Kier molecular flexibility index (Phi) is 5.62. The quantitative estimate of drug-likeness (QED) is 0.617. The molecule has 1 aromatic heterocycles. The standard InChI is InChI=1S/C21H22N4O2S/c1-16(28-21-23-22-19(27-21)17-8-4-2-5-9-17)20(26)25-14-12-24(13-15-25)18-10-6-3-7-11-18/h2-11,16H,12-15H2,1H3/t16-/m0/s1. The minimum atomic E-state index is -0.271. The second-order valence-corrected chi connectivity index (χ2v) is 7.94. The van der Waals surface area contributed by atoms with Crippen LogP contribution in [0, 0.1) is 0 Å². The van der Waals surface area contributed by atoms with Crippen molar-refractivity contribution in [2.75, 3.05) is 31.1 Å². The molecule has 144 valence electrons. The molecule has 0 spiro atoms. The van der Waals surface area contributed by atoms with E-state index in [-0.39, 0.29) is 11.2 Å². The van der Waals surface area contributed by atoms with Crippen LogP contribution in [0.3, 0.4) is 0 Å². The minimum Gasteiger partial charge on any atom is -0.411 e. The largest absolute Gasteiger partial charge is 0.411 e. The first kappa shape index (κ1) is 18.6. The van der Waals surface area contributed by atoms with Gasteiger partial charge in [-0.2, -0.15) is 0 Å². The van der Waals surface area contributed by atoms with Gasteiger partial charge in [0.05, 0.1) is 5.25 Å². The van der Waals surface area contributed by atoms with Crippen LogP contribution < -0.4 is 4.90 Å². The number of rotatable bonds is 5. The number of hydrogen-bond acceptors (Lipinski definition) is 6. The Labute approximate surface area is 168 Å². The summed E-state index contributed by atoms with van der Waals surface area (Å²) in [4.78, 5) is 17.1. The third kappa shape index (κ3) is 4.20. The van der Waals surface area contributed by atoms with E-state index in [0.29, 0.717) is 11.1 Å². The van der Waals surface area contributed by atoms with Crippen molar-refractivity contribution in [2.24, 2.45) is 0 Å². The lowest BCUT2D eigenvalue weighted by Gasteiger charge is -2.37. The molecule has 0 N–H and O–H groups in total. The lowest BCUT2D eigenvalue weighted by Crippen LogP contribution is -2.50. The fourth-order valence-corrected chi connectivity index (χ4v) is 4.00. The maximum atomic E-state index is 12.8. The van der Waals surface area contributed by atoms with E-state index in [1.807, 2.05) is 60.4 Å². The normalized spacial score (nSPS) is 15.5. The Bertz CT molecular complexity index is 908. The Morgan fingerprint density at radius 2 is 1.61 bits per heavy atom. The first-order chi connectivity index (χ1) is 13.7. The molecule has 28 heavy (non-hydrogen) atoms. The van der Waals surface area contributed by atoms with Crippen molar-refractivity contribution in [3.63, 3.8) is 0 Å². The number of anilines is 1. The van der Waals surface area contributed by atoms with Crippen LogP contribution in [0.2, 0.25) is 0 Å². The maximum absolute atomic E-state index is 12.8. The molecule has 0 radical (unpaired) electrons. The first-order valence-corrected chi connectivity index (χ1v) is 10.2. The highest BCUT2D eigenvalue weighted by Crippen LogP contribution is 2.27. The number of carbonyl (C=O) groups is 1. The Hall–Kier alpha value is -2.80. The average molecular weight is 395 g/mol. The zero-order chi connectivity index (χ0) is 19.3. The summed E-state index contributed by atoms with van der Waals surface area (Å²) in [5, 5.41) is 8.31. The Morgan fingerprint density at radius 3 is 2.29 bits per heavy atom. The third-order valence-electron chi connectivity index (χ3n) is 4.77. The summed E-state index contributed by atoms with van der Waals surface area (Å²) < 4.78 is 5.71. The number of nitrogens with zero attached hydrogens (tertiary/aromatic N) is 4. The Balaban J connectivity index is 1.32. The molecule has 0 unspecified atom stereocenters. The monoisotopic (exact) mass is 394 g/mol. The van der Waals surface area contributed by atoms with Crippen LogP contribution in [-0.2, 0) is 4.79 Å². The number of hydrogen-bond donors (Lipinski definition) is 0. The Morgan fingerprint density at radius 1 is 0.964 bits per heavy atom. The van der Waals surface area contributed by atoms with Gasteiger partial charge in [0.15, 0.2) is 0 Å². The molecule has 2 aromatic carbocycles. The van der Waals surface area contributed by atoms with Crippen LogP contribution in [0.5, 0.6) is 0 Å². The van der Waals surface area contributed by atoms with Crippen molar-refractivity contribution in [2.45, 2.75) is 17.4 Å². The highest BCUT2D eigenvalue weighted by Gasteiger charge is 2.27. The lowest BCUT2D eigenvalue weighted by molar-refractivity contribution is -0.130. The smallest absolute Gasteiger partial charge is 0.277 e. The summed E-state index contributed by atoms with van der Waals surface area (Å²) in [6.07, 6.45) is 0. The lowest BCUT2D eigenvalue weighted by atomic mass is 10.2. The molecule has 1 atom stereocenters. The molecule has 2 heterocycles. The average Bonchev–Trinajstić information content (AvgIpc) is 3.23. The first-order valence-electron chi connectivity index (χ1n) is 9.35. The van der Waals surface area contributed by atoms with Crippen LogP contribution in [0.4, 0.5) is 5.69 Å². The van der Waals surface area contributed by atoms with Crippen molar-refractivity contribution in [3.05, 3.63) is 60.7 Å². The molecule has 6 nitrogen and oxygen atoms in total. The third-order valence-corrected chi connectivity index (χ3v) is 5.69. The number of amides is 1. The fourth-order valence-electron chi connectivity index (χ4n) is 3.24. The molecule has 0 bridgehead atoms. The number of benzene rings is 2. The van der Waals surface area contributed by atoms with Crippen LogP contribution in [-0.4, -0.2) is 52.4 Å². The van der Waals surface area contributed by atoms with Gasteiger partial charge >= 0.3 is 0 Å². The van der Waals surface area contributed by atoms with Crippen molar-refractivity contribution < 1.29 is 9.21 Å². The van der Waals surface area contributed by atoms with Crippen LogP contribution >= 0.6 is 11.8 Å². The van der Waals surface area contributed by atoms with Gasteiger partial charge < -0.3 is 14.2 Å². The molecule has 7 heteroatoms. The van der Waals surface area contributed by atoms with E-state index in [0.717, 1.165) is 31.7 Å². The van der Waals surface area contributed by atoms with Gasteiger partial charge in [-0.15, -0.1) is 10.2 Å². The van der Waals surface area contributed by atoms with Crippen molar-refractivity contribution >= 4 is 23.4 Å². The molecule has 0 aliphatic carbocycles. The molecule has 3 aromatic rings. The molecule has 1 aliphatic rings. The van der Waals surface area contributed by atoms with E-state index in [4.69, 9.17) is 4.42 Å². The van der Waals surface area contributed by atoms with E-state index in [1.165, 1.54) is 17.4 Å². The SMILES string of the molecule is C[C@H](Sc1nnc(-c2ccccc2)o1)C(=O)N1CCN(c2ccccc2)CC1. The summed E-state index contributed by atoms with van der Waals surface area (Å²) in [6.45, 7) is 5.01. The van der Waals surface area contributed by atoms with Gasteiger partial charge in [0.25, 0.3) is 5.22 Å². The summed E-state index contributed by atoms with van der Waals surface area (Å²) in [6, 6.07) is 19.9. The summed E-state index contributed by atoms with van der Waals surface area (Å²) in [5.41, 5.74) is 2.08. The van der Waals surface area contributed by atoms with Crippen LogP contribution in [0.1, 0.15) is 6.92 Å². The number of thioether (sulfide) groups is 1. The predicted octanol–water partition coefficient (Wildman–Crippen LogP) is 3.57.